The third-order valence-corrected chi connectivity index (χ3v) is 4.16. The Morgan fingerprint density at radius 2 is 1.88 bits per heavy atom. The van der Waals surface area contributed by atoms with Crippen LogP contribution in [-0.4, -0.2) is 43.8 Å². The molecule has 0 aliphatic carbocycles. The van der Waals surface area contributed by atoms with E-state index in [4.69, 9.17) is 10.5 Å². The number of likely N-dealkylation sites (tertiary alicyclic amines) is 1. The summed E-state index contributed by atoms with van der Waals surface area (Å²) in [6, 6.07) is 0. The van der Waals surface area contributed by atoms with E-state index in [0.29, 0.717) is 5.41 Å². The number of piperidine rings is 1. The first kappa shape index (κ1) is 13.9. The molecular formula is C13H28N2O. The third-order valence-electron chi connectivity index (χ3n) is 4.16. The van der Waals surface area contributed by atoms with Crippen molar-refractivity contribution in [2.45, 2.75) is 45.6 Å². The van der Waals surface area contributed by atoms with Gasteiger partial charge in [-0.25, -0.2) is 0 Å². The molecule has 3 nitrogen and oxygen atoms in total. The molecule has 0 aromatic carbocycles. The van der Waals surface area contributed by atoms with E-state index in [1.165, 1.54) is 25.9 Å². The van der Waals surface area contributed by atoms with Gasteiger partial charge in [-0.15, -0.1) is 0 Å². The first-order valence-corrected chi connectivity index (χ1v) is 6.38. The van der Waals surface area contributed by atoms with E-state index in [9.17, 15) is 0 Å². The van der Waals surface area contributed by atoms with Gasteiger partial charge in [0.25, 0.3) is 0 Å². The van der Waals surface area contributed by atoms with Crippen LogP contribution in [0.2, 0.25) is 0 Å². The van der Waals surface area contributed by atoms with Gasteiger partial charge in [-0.2, -0.15) is 0 Å². The highest BCUT2D eigenvalue weighted by atomic mass is 16.5. The van der Waals surface area contributed by atoms with Crippen molar-refractivity contribution in [1.29, 1.82) is 0 Å². The van der Waals surface area contributed by atoms with E-state index in [0.717, 1.165) is 19.6 Å². The smallest absolute Gasteiger partial charge is 0.0480 e. The van der Waals surface area contributed by atoms with E-state index in [1.807, 2.05) is 0 Å². The quantitative estimate of drug-likeness (QED) is 0.780. The number of nitrogens with zero attached hydrogens (tertiary/aromatic N) is 1. The molecule has 0 amide bonds. The van der Waals surface area contributed by atoms with Gasteiger partial charge in [0.15, 0.2) is 0 Å². The molecule has 1 aliphatic heterocycles. The predicted octanol–water partition coefficient (Wildman–Crippen LogP) is 1.86. The average molecular weight is 228 g/mol. The molecule has 0 radical (unpaired) electrons. The summed E-state index contributed by atoms with van der Waals surface area (Å²) in [5.74, 6) is 0. The summed E-state index contributed by atoms with van der Waals surface area (Å²) in [6.45, 7) is 10.8. The summed E-state index contributed by atoms with van der Waals surface area (Å²) in [7, 11) is 1.76. The van der Waals surface area contributed by atoms with Crippen LogP contribution in [0, 0.1) is 5.41 Å². The van der Waals surface area contributed by atoms with E-state index in [-0.39, 0.29) is 5.54 Å². The van der Waals surface area contributed by atoms with Crippen molar-refractivity contribution in [2.24, 2.45) is 11.1 Å². The Hall–Kier alpha value is -0.120. The highest BCUT2D eigenvalue weighted by Crippen LogP contribution is 2.33. The van der Waals surface area contributed by atoms with E-state index < -0.39 is 0 Å². The summed E-state index contributed by atoms with van der Waals surface area (Å²) in [4.78, 5) is 2.55. The maximum atomic E-state index is 5.95. The highest BCUT2D eigenvalue weighted by Gasteiger charge is 2.35. The van der Waals surface area contributed by atoms with Crippen molar-refractivity contribution >= 4 is 0 Å². The molecular weight excluding hydrogens is 200 g/mol. The van der Waals surface area contributed by atoms with Crippen LogP contribution >= 0.6 is 0 Å². The Labute approximate surface area is 100 Å². The maximum absolute atomic E-state index is 5.95. The molecule has 1 saturated heterocycles. The van der Waals surface area contributed by atoms with Crippen LogP contribution in [0.1, 0.15) is 40.0 Å². The second kappa shape index (κ2) is 5.48. The number of methoxy groups -OCH3 is 1. The third kappa shape index (κ3) is 3.44. The van der Waals surface area contributed by atoms with Crippen molar-refractivity contribution in [2.75, 3.05) is 33.4 Å². The van der Waals surface area contributed by atoms with E-state index >= 15 is 0 Å². The van der Waals surface area contributed by atoms with Crippen LogP contribution in [0.5, 0.6) is 0 Å². The van der Waals surface area contributed by atoms with Gasteiger partial charge in [0, 0.05) is 25.8 Å². The second-order valence-corrected chi connectivity index (χ2v) is 6.10. The van der Waals surface area contributed by atoms with Crippen molar-refractivity contribution < 1.29 is 4.74 Å². The van der Waals surface area contributed by atoms with Crippen LogP contribution in [0.25, 0.3) is 0 Å². The Kier molecular flexibility index (Phi) is 4.77. The lowest BCUT2D eigenvalue weighted by Gasteiger charge is -2.46. The van der Waals surface area contributed by atoms with Gasteiger partial charge in [-0.05, 0) is 44.7 Å². The average Bonchev–Trinajstić information content (AvgIpc) is 2.26. The predicted molar refractivity (Wildman–Crippen MR) is 68.5 cm³/mol. The zero-order valence-electron chi connectivity index (χ0n) is 11.4. The lowest BCUT2D eigenvalue weighted by atomic mass is 9.80. The maximum Gasteiger partial charge on any atom is 0.0480 e. The lowest BCUT2D eigenvalue weighted by Crippen LogP contribution is -2.55. The largest absolute Gasteiger partial charge is 0.385 e. The van der Waals surface area contributed by atoms with Gasteiger partial charge in [-0.3, -0.25) is 4.90 Å². The fourth-order valence-corrected chi connectivity index (χ4v) is 2.36. The summed E-state index contributed by atoms with van der Waals surface area (Å²) in [6.07, 6.45) is 3.57. The lowest BCUT2D eigenvalue weighted by molar-refractivity contribution is 0.0226. The fraction of sp³-hybridized carbons (Fsp3) is 1.00. The molecule has 1 fully saturated rings. The van der Waals surface area contributed by atoms with Crippen LogP contribution in [0.15, 0.2) is 0 Å². The van der Waals surface area contributed by atoms with Gasteiger partial charge in [-0.1, -0.05) is 13.8 Å². The summed E-state index contributed by atoms with van der Waals surface area (Å²) in [5.41, 5.74) is 6.57. The normalized spacial score (nSPS) is 25.3. The van der Waals surface area contributed by atoms with Gasteiger partial charge in [0.1, 0.15) is 0 Å². The van der Waals surface area contributed by atoms with Crippen molar-refractivity contribution in [3.63, 3.8) is 0 Å². The zero-order chi connectivity index (χ0) is 12.2. The summed E-state index contributed by atoms with van der Waals surface area (Å²) < 4.78 is 5.19. The fourth-order valence-electron chi connectivity index (χ4n) is 2.36. The molecule has 1 atom stereocenters. The minimum atomic E-state index is 0.118. The van der Waals surface area contributed by atoms with Gasteiger partial charge < -0.3 is 10.5 Å². The van der Waals surface area contributed by atoms with Crippen molar-refractivity contribution in [1.82, 2.24) is 4.90 Å². The molecule has 0 saturated carbocycles. The molecule has 1 aliphatic rings. The van der Waals surface area contributed by atoms with Crippen LogP contribution in [0.4, 0.5) is 0 Å². The SMILES string of the molecule is COCCC(C)(CN)N1CCC(C)(C)CC1. The van der Waals surface area contributed by atoms with Crippen LogP contribution < -0.4 is 5.73 Å². The monoisotopic (exact) mass is 228 g/mol. The summed E-state index contributed by atoms with van der Waals surface area (Å²) in [5, 5.41) is 0. The second-order valence-electron chi connectivity index (χ2n) is 6.10. The number of rotatable bonds is 5. The molecule has 1 rings (SSSR count). The number of nitrogens with two attached hydrogens (primary N) is 1. The minimum Gasteiger partial charge on any atom is -0.385 e. The van der Waals surface area contributed by atoms with Gasteiger partial charge in [0.2, 0.25) is 0 Å². The Bertz CT molecular complexity index is 208. The molecule has 0 aromatic rings. The molecule has 2 N–H and O–H groups in total. The molecule has 16 heavy (non-hydrogen) atoms. The number of ether oxygens (including phenoxy) is 1. The molecule has 3 heteroatoms. The standard InChI is InChI=1S/C13H28N2O/c1-12(2)5-8-15(9-6-12)13(3,11-14)7-10-16-4/h5-11,14H2,1-4H3. The van der Waals surface area contributed by atoms with E-state index in [2.05, 4.69) is 25.7 Å². The van der Waals surface area contributed by atoms with Gasteiger partial charge >= 0.3 is 0 Å². The first-order chi connectivity index (χ1) is 7.43. The minimum absolute atomic E-state index is 0.118. The Morgan fingerprint density at radius 1 is 1.31 bits per heavy atom. The number of hydrogen-bond donors (Lipinski definition) is 1. The summed E-state index contributed by atoms with van der Waals surface area (Å²) >= 11 is 0. The van der Waals surface area contributed by atoms with Crippen LogP contribution in [-0.2, 0) is 4.74 Å². The zero-order valence-corrected chi connectivity index (χ0v) is 11.4. The van der Waals surface area contributed by atoms with Gasteiger partial charge in [0.05, 0.1) is 0 Å². The molecule has 1 unspecified atom stereocenters. The van der Waals surface area contributed by atoms with E-state index in [1.54, 1.807) is 7.11 Å². The Morgan fingerprint density at radius 3 is 2.31 bits per heavy atom. The molecule has 0 aromatic heterocycles. The molecule has 96 valence electrons. The first-order valence-electron chi connectivity index (χ1n) is 6.38. The van der Waals surface area contributed by atoms with Crippen molar-refractivity contribution in [3.05, 3.63) is 0 Å². The highest BCUT2D eigenvalue weighted by molar-refractivity contribution is 4.91. The van der Waals surface area contributed by atoms with Crippen molar-refractivity contribution in [3.8, 4) is 0 Å². The Balaban J connectivity index is 2.54. The molecule has 0 bridgehead atoms. The molecule has 0 spiro atoms. The molecule has 1 heterocycles. The number of hydrogen-bond acceptors (Lipinski definition) is 3. The van der Waals surface area contributed by atoms with Crippen LogP contribution in [0.3, 0.4) is 0 Å². The topological polar surface area (TPSA) is 38.5 Å².